The summed E-state index contributed by atoms with van der Waals surface area (Å²) < 4.78 is 29.5. The van der Waals surface area contributed by atoms with Crippen LogP contribution in [0.5, 0.6) is 0 Å². The zero-order valence-electron chi connectivity index (χ0n) is 17.8. The molecule has 0 radical (unpaired) electrons. The first kappa shape index (κ1) is 21.9. The minimum atomic E-state index is -0.567. The van der Waals surface area contributed by atoms with Gasteiger partial charge >= 0.3 is 0 Å². The second-order valence-corrected chi connectivity index (χ2v) is 8.86. The molecule has 1 heterocycles. The molecule has 2 aliphatic carbocycles. The number of hydrogen-bond donors (Lipinski definition) is 3. The number of benzene rings is 1. The Labute approximate surface area is 181 Å². The molecule has 1 unspecified atom stereocenters. The van der Waals surface area contributed by atoms with Crippen molar-refractivity contribution in [3.8, 4) is 0 Å². The highest BCUT2D eigenvalue weighted by molar-refractivity contribution is 5.94. The highest BCUT2D eigenvalue weighted by Crippen LogP contribution is 2.39. The summed E-state index contributed by atoms with van der Waals surface area (Å²) in [5.74, 6) is -0.762. The van der Waals surface area contributed by atoms with Crippen LogP contribution in [0.1, 0.15) is 56.6 Å². The van der Waals surface area contributed by atoms with E-state index in [4.69, 9.17) is 0 Å². The smallest absolute Gasteiger partial charge is 0.242 e. The molecule has 2 aromatic rings. The highest BCUT2D eigenvalue weighted by Gasteiger charge is 2.38. The summed E-state index contributed by atoms with van der Waals surface area (Å²) in [7, 11) is 0. The number of anilines is 1. The van der Waals surface area contributed by atoms with Gasteiger partial charge in [-0.1, -0.05) is 13.3 Å². The van der Waals surface area contributed by atoms with Crippen molar-refractivity contribution in [3.05, 3.63) is 47.4 Å². The topological polar surface area (TPSA) is 79.2 Å². The SMILES string of the molecule is CCC[C@H](NC1CCc2c(F)cc(F)cc2C1)C(=O)Nc1cn(C2(CO)CCC2)cn1. The lowest BCUT2D eigenvalue weighted by molar-refractivity contribution is -0.118. The first-order chi connectivity index (χ1) is 14.9. The average Bonchev–Trinajstić information content (AvgIpc) is 3.15. The van der Waals surface area contributed by atoms with Gasteiger partial charge in [-0.2, -0.15) is 0 Å². The number of fused-ring (bicyclic) bond motifs is 1. The van der Waals surface area contributed by atoms with Gasteiger partial charge in [0.15, 0.2) is 5.82 Å². The first-order valence-electron chi connectivity index (χ1n) is 11.1. The van der Waals surface area contributed by atoms with Crippen molar-refractivity contribution in [2.45, 2.75) is 75.9 Å². The van der Waals surface area contributed by atoms with Gasteiger partial charge in [0.1, 0.15) is 11.6 Å². The van der Waals surface area contributed by atoms with E-state index < -0.39 is 17.7 Å². The average molecular weight is 433 g/mol. The Morgan fingerprint density at radius 1 is 1.39 bits per heavy atom. The lowest BCUT2D eigenvalue weighted by Gasteiger charge is -2.41. The number of imidazole rings is 1. The summed E-state index contributed by atoms with van der Waals surface area (Å²) in [5, 5.41) is 16.0. The Bertz CT molecular complexity index is 936. The minimum Gasteiger partial charge on any atom is -0.394 e. The maximum absolute atomic E-state index is 14.0. The van der Waals surface area contributed by atoms with Crippen LogP contribution in [-0.4, -0.2) is 39.3 Å². The van der Waals surface area contributed by atoms with E-state index in [-0.39, 0.29) is 24.1 Å². The number of halogens is 2. The third-order valence-electron chi connectivity index (χ3n) is 6.75. The number of carbonyl (C=O) groups is 1. The number of aliphatic hydroxyl groups excluding tert-OH is 1. The Balaban J connectivity index is 1.41. The van der Waals surface area contributed by atoms with Crippen LogP contribution in [0.3, 0.4) is 0 Å². The molecule has 2 atom stereocenters. The van der Waals surface area contributed by atoms with Crippen molar-refractivity contribution in [2.75, 3.05) is 11.9 Å². The van der Waals surface area contributed by atoms with E-state index in [1.165, 1.54) is 6.07 Å². The zero-order valence-corrected chi connectivity index (χ0v) is 17.8. The van der Waals surface area contributed by atoms with Gasteiger partial charge in [-0.05, 0) is 62.1 Å². The second kappa shape index (κ2) is 9.04. The van der Waals surface area contributed by atoms with Crippen molar-refractivity contribution >= 4 is 11.7 Å². The van der Waals surface area contributed by atoms with Crippen molar-refractivity contribution in [1.29, 1.82) is 0 Å². The largest absolute Gasteiger partial charge is 0.394 e. The molecule has 31 heavy (non-hydrogen) atoms. The Morgan fingerprint density at radius 3 is 2.87 bits per heavy atom. The van der Waals surface area contributed by atoms with E-state index >= 15 is 0 Å². The molecule has 6 nitrogen and oxygen atoms in total. The van der Waals surface area contributed by atoms with Gasteiger partial charge in [0.25, 0.3) is 0 Å². The standard InChI is InChI=1S/C23H30F2N4O2/c1-2-4-20(27-17-5-6-18-15(10-17)9-16(24)11-19(18)25)22(31)28-21-12-29(14-26-21)23(13-30)7-3-8-23/h9,11-12,14,17,20,27,30H,2-8,10,13H2,1H3,(H,28,31)/t17?,20-/m0/s1. The number of rotatable bonds is 8. The molecule has 168 valence electrons. The number of amides is 1. The maximum Gasteiger partial charge on any atom is 0.242 e. The number of carbonyl (C=O) groups excluding carboxylic acids is 1. The van der Waals surface area contributed by atoms with Gasteiger partial charge in [0, 0.05) is 18.3 Å². The summed E-state index contributed by atoms with van der Waals surface area (Å²) in [4.78, 5) is 17.2. The summed E-state index contributed by atoms with van der Waals surface area (Å²) in [5.41, 5.74) is 0.956. The van der Waals surface area contributed by atoms with E-state index in [2.05, 4.69) is 15.6 Å². The molecule has 0 saturated heterocycles. The third kappa shape index (κ3) is 4.50. The summed E-state index contributed by atoms with van der Waals surface area (Å²) >= 11 is 0. The van der Waals surface area contributed by atoms with Crippen molar-refractivity contribution in [1.82, 2.24) is 14.9 Å². The number of hydrogen-bond acceptors (Lipinski definition) is 4. The van der Waals surface area contributed by atoms with Crippen LogP contribution in [0.4, 0.5) is 14.6 Å². The Kier molecular flexibility index (Phi) is 6.39. The first-order valence-corrected chi connectivity index (χ1v) is 11.1. The normalized spacial score (nSPS) is 20.6. The molecule has 0 spiro atoms. The minimum absolute atomic E-state index is 0.0267. The fourth-order valence-electron chi connectivity index (χ4n) is 4.75. The lowest BCUT2D eigenvalue weighted by atomic mass is 9.77. The van der Waals surface area contributed by atoms with E-state index in [0.717, 1.165) is 31.7 Å². The van der Waals surface area contributed by atoms with Crippen molar-refractivity contribution < 1.29 is 18.7 Å². The van der Waals surface area contributed by atoms with E-state index in [1.54, 1.807) is 12.5 Å². The quantitative estimate of drug-likeness (QED) is 0.598. The summed E-state index contributed by atoms with van der Waals surface area (Å²) in [6.45, 7) is 2.07. The highest BCUT2D eigenvalue weighted by atomic mass is 19.1. The number of nitrogens with one attached hydrogen (secondary N) is 2. The van der Waals surface area contributed by atoms with Gasteiger partial charge in [-0.15, -0.1) is 0 Å². The van der Waals surface area contributed by atoms with Gasteiger partial charge in [0.2, 0.25) is 5.91 Å². The van der Waals surface area contributed by atoms with Crippen LogP contribution < -0.4 is 10.6 Å². The van der Waals surface area contributed by atoms with Crippen LogP contribution in [0.15, 0.2) is 24.7 Å². The monoisotopic (exact) mass is 432 g/mol. The fraction of sp³-hybridized carbons (Fsp3) is 0.565. The fourth-order valence-corrected chi connectivity index (χ4v) is 4.75. The van der Waals surface area contributed by atoms with Crippen LogP contribution in [0.25, 0.3) is 0 Å². The molecule has 3 N–H and O–H groups in total. The van der Waals surface area contributed by atoms with Crippen molar-refractivity contribution in [3.63, 3.8) is 0 Å². The Morgan fingerprint density at radius 2 is 2.19 bits per heavy atom. The molecule has 2 aliphatic rings. The maximum atomic E-state index is 14.0. The lowest BCUT2D eigenvalue weighted by Crippen LogP contribution is -2.48. The summed E-state index contributed by atoms with van der Waals surface area (Å²) in [6, 6.07) is 1.88. The molecular formula is C23H30F2N4O2. The van der Waals surface area contributed by atoms with Crippen LogP contribution in [-0.2, 0) is 23.2 Å². The van der Waals surface area contributed by atoms with Gasteiger partial charge in [-0.3, -0.25) is 4.79 Å². The molecule has 0 bridgehead atoms. The van der Waals surface area contributed by atoms with E-state index in [1.807, 2.05) is 11.5 Å². The van der Waals surface area contributed by atoms with Crippen LogP contribution in [0, 0.1) is 11.6 Å². The predicted molar refractivity (Wildman–Crippen MR) is 114 cm³/mol. The molecule has 1 fully saturated rings. The molecule has 1 aromatic carbocycles. The summed E-state index contributed by atoms with van der Waals surface area (Å²) in [6.07, 6.45) is 9.48. The number of aliphatic hydroxyl groups is 1. The van der Waals surface area contributed by atoms with Gasteiger partial charge in [-0.25, -0.2) is 13.8 Å². The van der Waals surface area contributed by atoms with E-state index in [0.29, 0.717) is 42.6 Å². The molecule has 1 saturated carbocycles. The Hall–Kier alpha value is -2.32. The van der Waals surface area contributed by atoms with Crippen LogP contribution >= 0.6 is 0 Å². The number of aromatic nitrogens is 2. The van der Waals surface area contributed by atoms with Crippen LogP contribution in [0.2, 0.25) is 0 Å². The number of nitrogens with zero attached hydrogens (tertiary/aromatic N) is 2. The molecule has 4 rings (SSSR count). The van der Waals surface area contributed by atoms with Gasteiger partial charge in [0.05, 0.1) is 24.5 Å². The molecule has 1 amide bonds. The predicted octanol–water partition coefficient (Wildman–Crippen LogP) is 3.29. The molecule has 8 heteroatoms. The van der Waals surface area contributed by atoms with Crippen molar-refractivity contribution in [2.24, 2.45) is 0 Å². The van der Waals surface area contributed by atoms with Gasteiger partial charge < -0.3 is 20.3 Å². The molecule has 0 aliphatic heterocycles. The second-order valence-electron chi connectivity index (χ2n) is 8.86. The molecular weight excluding hydrogens is 402 g/mol. The van der Waals surface area contributed by atoms with E-state index in [9.17, 15) is 18.7 Å². The third-order valence-corrected chi connectivity index (χ3v) is 6.75. The zero-order chi connectivity index (χ0) is 22.0. The molecule has 1 aromatic heterocycles.